The van der Waals surface area contributed by atoms with Gasteiger partial charge in [0.1, 0.15) is 24.2 Å². The van der Waals surface area contributed by atoms with Gasteiger partial charge in [-0.15, -0.1) is 0 Å². The fourth-order valence-electron chi connectivity index (χ4n) is 5.43. The predicted molar refractivity (Wildman–Crippen MR) is 163 cm³/mol. The van der Waals surface area contributed by atoms with E-state index < -0.39 is 84.3 Å². The molecule has 14 nitrogen and oxygen atoms in total. The summed E-state index contributed by atoms with van der Waals surface area (Å²) in [6, 6.07) is 8.47. The van der Waals surface area contributed by atoms with Crippen molar-refractivity contribution in [3.8, 4) is 0 Å². The average Bonchev–Trinajstić information content (AvgIpc) is 3.42. The largest absolute Gasteiger partial charge is 0.481 e. The van der Waals surface area contributed by atoms with Gasteiger partial charge in [0.25, 0.3) is 0 Å². The van der Waals surface area contributed by atoms with Gasteiger partial charge in [-0.3, -0.25) is 33.6 Å². The Balaban J connectivity index is 1.86. The zero-order valence-corrected chi connectivity index (χ0v) is 25.4. The SMILES string of the molecule is CC(C)C(NC(=O)[C@H](C)NC(=O)C(CC(N)=O)NC(=O)[C@@H]1C(c2ccc3ccccc3c2)CCN1C(=O)CCC(=O)O)C(N)=O. The minimum atomic E-state index is -1.50. The summed E-state index contributed by atoms with van der Waals surface area (Å²) < 4.78 is 0. The van der Waals surface area contributed by atoms with Gasteiger partial charge in [-0.2, -0.15) is 0 Å². The van der Waals surface area contributed by atoms with Crippen LogP contribution in [0.2, 0.25) is 0 Å². The highest BCUT2D eigenvalue weighted by atomic mass is 16.4. The first-order valence-corrected chi connectivity index (χ1v) is 14.7. The van der Waals surface area contributed by atoms with Crippen LogP contribution >= 0.6 is 0 Å². The molecule has 2 aromatic rings. The molecule has 14 heteroatoms. The number of carboxylic acids is 1. The van der Waals surface area contributed by atoms with E-state index >= 15 is 0 Å². The third-order valence-corrected chi connectivity index (χ3v) is 7.80. The topological polar surface area (TPSA) is 231 Å². The highest BCUT2D eigenvalue weighted by Gasteiger charge is 2.43. The molecule has 0 saturated carbocycles. The summed E-state index contributed by atoms with van der Waals surface area (Å²) >= 11 is 0. The molecule has 6 amide bonds. The van der Waals surface area contributed by atoms with E-state index in [1.165, 1.54) is 11.8 Å². The Labute approximate surface area is 260 Å². The summed E-state index contributed by atoms with van der Waals surface area (Å²) in [5.74, 6) is -6.56. The molecule has 0 spiro atoms. The molecule has 45 heavy (non-hydrogen) atoms. The maximum Gasteiger partial charge on any atom is 0.303 e. The molecular formula is C31H40N6O8. The van der Waals surface area contributed by atoms with Crippen molar-refractivity contribution in [2.75, 3.05) is 6.54 Å². The number of fused-ring (bicyclic) bond motifs is 1. The molecule has 3 rings (SSSR count). The molecule has 1 aliphatic rings. The van der Waals surface area contributed by atoms with E-state index in [2.05, 4.69) is 16.0 Å². The van der Waals surface area contributed by atoms with Gasteiger partial charge >= 0.3 is 5.97 Å². The number of hydrogen-bond donors (Lipinski definition) is 6. The molecule has 0 bridgehead atoms. The molecule has 1 fully saturated rings. The zero-order chi connectivity index (χ0) is 33.4. The molecule has 0 radical (unpaired) electrons. The Bertz CT molecular complexity index is 1480. The fourth-order valence-corrected chi connectivity index (χ4v) is 5.43. The molecule has 5 atom stereocenters. The highest BCUT2D eigenvalue weighted by molar-refractivity contribution is 5.98. The summed E-state index contributed by atoms with van der Waals surface area (Å²) in [6.07, 6.45) is -0.980. The number of carbonyl (C=O) groups is 7. The number of aliphatic carboxylic acids is 1. The maximum absolute atomic E-state index is 13.9. The molecule has 3 unspecified atom stereocenters. The summed E-state index contributed by atoms with van der Waals surface area (Å²) in [6.45, 7) is 4.88. The molecule has 1 aliphatic heterocycles. The van der Waals surface area contributed by atoms with Crippen LogP contribution in [0.5, 0.6) is 0 Å². The minimum absolute atomic E-state index is 0.162. The second-order valence-electron chi connectivity index (χ2n) is 11.5. The van der Waals surface area contributed by atoms with Crippen LogP contribution in [0, 0.1) is 5.92 Å². The molecule has 242 valence electrons. The first-order valence-electron chi connectivity index (χ1n) is 14.7. The Hall–Kier alpha value is -5.01. The zero-order valence-electron chi connectivity index (χ0n) is 25.4. The molecule has 1 saturated heterocycles. The van der Waals surface area contributed by atoms with Gasteiger partial charge in [0.15, 0.2) is 0 Å². The van der Waals surface area contributed by atoms with Crippen molar-refractivity contribution < 1.29 is 38.7 Å². The Morgan fingerprint density at radius 1 is 0.889 bits per heavy atom. The monoisotopic (exact) mass is 624 g/mol. The van der Waals surface area contributed by atoms with Crippen molar-refractivity contribution in [2.45, 2.75) is 76.5 Å². The predicted octanol–water partition coefficient (Wildman–Crippen LogP) is -0.120. The summed E-state index contributed by atoms with van der Waals surface area (Å²) in [5, 5.41) is 18.4. The summed E-state index contributed by atoms with van der Waals surface area (Å²) in [7, 11) is 0. The molecule has 8 N–H and O–H groups in total. The van der Waals surface area contributed by atoms with E-state index in [1.54, 1.807) is 13.8 Å². The number of carboxylic acid groups (broad SMARTS) is 1. The third kappa shape index (κ3) is 9.00. The van der Waals surface area contributed by atoms with E-state index in [-0.39, 0.29) is 18.9 Å². The number of hydrogen-bond acceptors (Lipinski definition) is 7. The smallest absolute Gasteiger partial charge is 0.303 e. The lowest BCUT2D eigenvalue weighted by molar-refractivity contribution is -0.143. The van der Waals surface area contributed by atoms with Crippen molar-refractivity contribution in [3.05, 3.63) is 48.0 Å². The van der Waals surface area contributed by atoms with Crippen molar-refractivity contribution in [1.29, 1.82) is 0 Å². The molecule has 0 aromatic heterocycles. The Morgan fingerprint density at radius 2 is 1.56 bits per heavy atom. The number of likely N-dealkylation sites (tertiary alicyclic amines) is 1. The van der Waals surface area contributed by atoms with Gasteiger partial charge in [-0.1, -0.05) is 56.3 Å². The number of carbonyl (C=O) groups excluding carboxylic acids is 6. The van der Waals surface area contributed by atoms with E-state index in [0.717, 1.165) is 16.3 Å². The van der Waals surface area contributed by atoms with Crippen LogP contribution in [-0.2, 0) is 33.6 Å². The number of nitrogens with one attached hydrogen (secondary N) is 3. The fraction of sp³-hybridized carbons (Fsp3) is 0.452. The van der Waals surface area contributed by atoms with Crippen LogP contribution in [0.1, 0.15) is 57.9 Å². The number of rotatable bonds is 14. The van der Waals surface area contributed by atoms with Crippen LogP contribution in [0.15, 0.2) is 42.5 Å². The number of benzene rings is 2. The van der Waals surface area contributed by atoms with Gasteiger partial charge in [-0.25, -0.2) is 0 Å². The van der Waals surface area contributed by atoms with Gasteiger partial charge in [0, 0.05) is 18.9 Å². The average molecular weight is 625 g/mol. The number of amides is 6. The van der Waals surface area contributed by atoms with E-state index in [4.69, 9.17) is 16.6 Å². The van der Waals surface area contributed by atoms with Crippen LogP contribution in [0.3, 0.4) is 0 Å². The van der Waals surface area contributed by atoms with Crippen molar-refractivity contribution in [3.63, 3.8) is 0 Å². The van der Waals surface area contributed by atoms with Gasteiger partial charge < -0.3 is 37.4 Å². The van der Waals surface area contributed by atoms with E-state index in [9.17, 15) is 33.6 Å². The molecule has 0 aliphatic carbocycles. The standard InChI is InChI=1S/C31H40N6O8/c1-16(2)26(28(33)42)36-29(43)17(3)34-30(44)22(15-23(32)38)35-31(45)27-21(12-13-37(27)24(39)10-11-25(40)41)20-9-8-18-6-4-5-7-19(18)14-20/h4-9,14,16-17,21-22,26-27H,10-13,15H2,1-3H3,(H2,32,38)(H2,33,42)(H,34,44)(H,35,45)(H,36,43)(H,40,41)/t17-,21?,22?,26?,27-/m0/s1. The quantitative estimate of drug-likeness (QED) is 0.165. The number of nitrogens with two attached hydrogens (primary N) is 2. The maximum atomic E-state index is 13.9. The molecule has 2 aromatic carbocycles. The lowest BCUT2D eigenvalue weighted by Gasteiger charge is -2.30. The van der Waals surface area contributed by atoms with Crippen molar-refractivity contribution in [2.24, 2.45) is 17.4 Å². The number of nitrogens with zero attached hydrogens (tertiary/aromatic N) is 1. The van der Waals surface area contributed by atoms with Gasteiger partial charge in [0.2, 0.25) is 35.4 Å². The van der Waals surface area contributed by atoms with Crippen LogP contribution in [-0.4, -0.2) is 82.1 Å². The van der Waals surface area contributed by atoms with Crippen molar-refractivity contribution in [1.82, 2.24) is 20.9 Å². The van der Waals surface area contributed by atoms with E-state index in [0.29, 0.717) is 6.42 Å². The van der Waals surface area contributed by atoms with Crippen LogP contribution in [0.25, 0.3) is 10.8 Å². The second kappa shape index (κ2) is 15.1. The highest BCUT2D eigenvalue weighted by Crippen LogP contribution is 2.36. The Morgan fingerprint density at radius 3 is 2.16 bits per heavy atom. The minimum Gasteiger partial charge on any atom is -0.481 e. The van der Waals surface area contributed by atoms with Gasteiger partial charge in [0.05, 0.1) is 12.8 Å². The second-order valence-corrected chi connectivity index (χ2v) is 11.5. The molecular weight excluding hydrogens is 584 g/mol. The number of primary amides is 2. The lowest BCUT2D eigenvalue weighted by Crippen LogP contribution is -2.58. The van der Waals surface area contributed by atoms with Crippen LogP contribution < -0.4 is 27.4 Å². The Kier molecular flexibility index (Phi) is 11.6. The normalized spacial score (nSPS) is 18.1. The summed E-state index contributed by atoms with van der Waals surface area (Å²) in [4.78, 5) is 89.0. The summed E-state index contributed by atoms with van der Waals surface area (Å²) in [5.41, 5.74) is 11.5. The molecule has 1 heterocycles. The van der Waals surface area contributed by atoms with Crippen molar-refractivity contribution >= 4 is 52.2 Å². The first-order chi connectivity index (χ1) is 21.2. The van der Waals surface area contributed by atoms with E-state index in [1.807, 2.05) is 42.5 Å². The van der Waals surface area contributed by atoms with Gasteiger partial charge in [-0.05, 0) is 35.6 Å². The van der Waals surface area contributed by atoms with Crippen LogP contribution in [0.4, 0.5) is 0 Å². The third-order valence-electron chi connectivity index (χ3n) is 7.80. The lowest BCUT2D eigenvalue weighted by atomic mass is 9.89. The first kappa shape index (κ1) is 34.5.